The van der Waals surface area contributed by atoms with Crippen LogP contribution in [-0.2, 0) is 9.59 Å². The summed E-state index contributed by atoms with van der Waals surface area (Å²) in [4.78, 5) is 26.5. The Morgan fingerprint density at radius 1 is 1.09 bits per heavy atom. The van der Waals surface area contributed by atoms with Crippen LogP contribution >= 0.6 is 0 Å². The smallest absolute Gasteiger partial charge is 0.247 e. The van der Waals surface area contributed by atoms with Gasteiger partial charge < -0.3 is 5.32 Å². The van der Waals surface area contributed by atoms with Crippen molar-refractivity contribution in [1.29, 1.82) is 0 Å². The predicted molar refractivity (Wildman–Crippen MR) is 91.5 cm³/mol. The number of nitrogens with one attached hydrogen (secondary N) is 1. The van der Waals surface area contributed by atoms with Crippen LogP contribution < -0.4 is 10.2 Å². The van der Waals surface area contributed by atoms with Crippen molar-refractivity contribution in [3.05, 3.63) is 59.7 Å². The lowest BCUT2D eigenvalue weighted by Crippen LogP contribution is -2.41. The second kappa shape index (κ2) is 6.24. The maximum absolute atomic E-state index is 12.7. The van der Waals surface area contributed by atoms with E-state index in [1.165, 1.54) is 0 Å². The third-order valence-corrected chi connectivity index (χ3v) is 4.41. The van der Waals surface area contributed by atoms with Crippen LogP contribution in [-0.4, -0.2) is 17.9 Å². The number of anilines is 2. The molecule has 0 bridgehead atoms. The molecule has 118 valence electrons. The number of para-hydroxylation sites is 1. The van der Waals surface area contributed by atoms with E-state index in [9.17, 15) is 9.59 Å². The number of aryl methyl sites for hydroxylation is 1. The van der Waals surface area contributed by atoms with Crippen LogP contribution in [0.1, 0.15) is 24.0 Å². The number of hydrogen-bond acceptors (Lipinski definition) is 2. The van der Waals surface area contributed by atoms with Gasteiger partial charge in [0.15, 0.2) is 0 Å². The van der Waals surface area contributed by atoms with Gasteiger partial charge in [-0.15, -0.1) is 0 Å². The summed E-state index contributed by atoms with van der Waals surface area (Å²) in [6.07, 6.45) is 0.949. The van der Waals surface area contributed by atoms with E-state index >= 15 is 0 Å². The van der Waals surface area contributed by atoms with Crippen molar-refractivity contribution >= 4 is 23.2 Å². The Hall–Kier alpha value is -2.62. The summed E-state index contributed by atoms with van der Waals surface area (Å²) in [5.74, 6) is -0.134. The summed E-state index contributed by atoms with van der Waals surface area (Å²) in [5.41, 5.74) is 3.76. The van der Waals surface area contributed by atoms with Gasteiger partial charge in [0, 0.05) is 17.8 Å². The standard InChI is InChI=1S/C19H20N2O2/c1-13-7-6-10-16(14(13)2)20-19(23)17-11-12-18(22)21(17)15-8-4-3-5-9-15/h3-10,17H,11-12H2,1-2H3,(H,20,23). The first kappa shape index (κ1) is 15.3. The van der Waals surface area contributed by atoms with E-state index < -0.39 is 6.04 Å². The molecular weight excluding hydrogens is 288 g/mol. The summed E-state index contributed by atoms with van der Waals surface area (Å²) in [6.45, 7) is 4.00. The number of carbonyl (C=O) groups excluding carboxylic acids is 2. The lowest BCUT2D eigenvalue weighted by atomic mass is 10.1. The van der Waals surface area contributed by atoms with Gasteiger partial charge in [0.2, 0.25) is 11.8 Å². The minimum Gasteiger partial charge on any atom is -0.324 e. The molecular formula is C19H20N2O2. The minimum absolute atomic E-state index is 0.00249. The van der Waals surface area contributed by atoms with E-state index in [0.717, 1.165) is 22.5 Å². The fraction of sp³-hybridized carbons (Fsp3) is 0.263. The third-order valence-electron chi connectivity index (χ3n) is 4.41. The van der Waals surface area contributed by atoms with Gasteiger partial charge in [-0.05, 0) is 49.6 Å². The molecule has 3 rings (SSSR count). The quantitative estimate of drug-likeness (QED) is 0.944. The molecule has 0 aliphatic carbocycles. The van der Waals surface area contributed by atoms with E-state index in [4.69, 9.17) is 0 Å². The highest BCUT2D eigenvalue weighted by Crippen LogP contribution is 2.28. The molecule has 4 heteroatoms. The van der Waals surface area contributed by atoms with Crippen LogP contribution in [0.4, 0.5) is 11.4 Å². The van der Waals surface area contributed by atoms with Gasteiger partial charge in [0.1, 0.15) is 6.04 Å². The molecule has 4 nitrogen and oxygen atoms in total. The van der Waals surface area contributed by atoms with E-state index in [2.05, 4.69) is 5.32 Å². The SMILES string of the molecule is Cc1cccc(NC(=O)C2CCC(=O)N2c2ccccc2)c1C. The van der Waals surface area contributed by atoms with Crippen LogP contribution in [0.2, 0.25) is 0 Å². The van der Waals surface area contributed by atoms with Crippen LogP contribution in [0.25, 0.3) is 0 Å². The maximum Gasteiger partial charge on any atom is 0.247 e. The van der Waals surface area contributed by atoms with Crippen molar-refractivity contribution in [3.63, 3.8) is 0 Å². The van der Waals surface area contributed by atoms with Crippen LogP contribution in [0.15, 0.2) is 48.5 Å². The molecule has 0 aromatic heterocycles. The average Bonchev–Trinajstić information content (AvgIpc) is 2.94. The Bertz CT molecular complexity index is 740. The third kappa shape index (κ3) is 2.97. The topological polar surface area (TPSA) is 49.4 Å². The summed E-state index contributed by atoms with van der Waals surface area (Å²) in [6, 6.07) is 14.8. The van der Waals surface area contributed by atoms with Crippen LogP contribution in [0.5, 0.6) is 0 Å². The van der Waals surface area contributed by atoms with E-state index in [0.29, 0.717) is 12.8 Å². The monoisotopic (exact) mass is 308 g/mol. The molecule has 0 saturated carbocycles. The molecule has 1 unspecified atom stereocenters. The van der Waals surface area contributed by atoms with Gasteiger partial charge in [0.05, 0.1) is 0 Å². The lowest BCUT2D eigenvalue weighted by Gasteiger charge is -2.24. The number of amides is 2. The summed E-state index contributed by atoms with van der Waals surface area (Å²) >= 11 is 0. The molecule has 1 N–H and O–H groups in total. The molecule has 1 fully saturated rings. The van der Waals surface area contributed by atoms with Crippen molar-refractivity contribution in [3.8, 4) is 0 Å². The Morgan fingerprint density at radius 2 is 1.83 bits per heavy atom. The summed E-state index contributed by atoms with van der Waals surface area (Å²) < 4.78 is 0. The zero-order valence-corrected chi connectivity index (χ0v) is 13.4. The second-order valence-electron chi connectivity index (χ2n) is 5.89. The van der Waals surface area contributed by atoms with E-state index in [1.807, 2.05) is 62.4 Å². The van der Waals surface area contributed by atoms with Gasteiger partial charge in [-0.3, -0.25) is 14.5 Å². The molecule has 1 heterocycles. The Morgan fingerprint density at radius 3 is 2.57 bits per heavy atom. The van der Waals surface area contributed by atoms with E-state index in [1.54, 1.807) is 4.90 Å². The molecule has 2 aromatic carbocycles. The zero-order chi connectivity index (χ0) is 16.4. The molecule has 1 atom stereocenters. The average molecular weight is 308 g/mol. The van der Waals surface area contributed by atoms with Gasteiger partial charge in [0.25, 0.3) is 0 Å². The molecule has 1 saturated heterocycles. The first-order valence-electron chi connectivity index (χ1n) is 7.82. The molecule has 0 spiro atoms. The number of hydrogen-bond donors (Lipinski definition) is 1. The normalized spacial score (nSPS) is 17.4. The van der Waals surface area contributed by atoms with Crippen LogP contribution in [0, 0.1) is 13.8 Å². The second-order valence-corrected chi connectivity index (χ2v) is 5.89. The maximum atomic E-state index is 12.7. The summed E-state index contributed by atoms with van der Waals surface area (Å²) in [5, 5.41) is 2.98. The first-order chi connectivity index (χ1) is 11.1. The first-order valence-corrected chi connectivity index (χ1v) is 7.82. The summed E-state index contributed by atoms with van der Waals surface area (Å²) in [7, 11) is 0. The highest BCUT2D eigenvalue weighted by molar-refractivity contribution is 6.07. The Kier molecular flexibility index (Phi) is 4.15. The molecule has 0 radical (unpaired) electrons. The lowest BCUT2D eigenvalue weighted by molar-refractivity contribution is -0.120. The minimum atomic E-state index is -0.454. The molecule has 2 amide bonds. The van der Waals surface area contributed by atoms with Crippen molar-refractivity contribution in [1.82, 2.24) is 0 Å². The number of benzene rings is 2. The van der Waals surface area contributed by atoms with Gasteiger partial charge in [-0.25, -0.2) is 0 Å². The fourth-order valence-corrected chi connectivity index (χ4v) is 2.95. The number of nitrogens with zero attached hydrogens (tertiary/aromatic N) is 1. The molecule has 23 heavy (non-hydrogen) atoms. The van der Waals surface area contributed by atoms with Crippen molar-refractivity contribution in [2.24, 2.45) is 0 Å². The fourth-order valence-electron chi connectivity index (χ4n) is 2.95. The van der Waals surface area contributed by atoms with Crippen molar-refractivity contribution in [2.75, 3.05) is 10.2 Å². The molecule has 1 aliphatic rings. The van der Waals surface area contributed by atoms with Crippen molar-refractivity contribution in [2.45, 2.75) is 32.7 Å². The predicted octanol–water partition coefficient (Wildman–Crippen LogP) is 3.44. The van der Waals surface area contributed by atoms with Gasteiger partial charge in [-0.1, -0.05) is 30.3 Å². The molecule has 1 aliphatic heterocycles. The van der Waals surface area contributed by atoms with Gasteiger partial charge in [-0.2, -0.15) is 0 Å². The largest absolute Gasteiger partial charge is 0.324 e. The highest BCUT2D eigenvalue weighted by Gasteiger charge is 2.37. The number of rotatable bonds is 3. The molecule has 2 aromatic rings. The number of carbonyl (C=O) groups is 2. The zero-order valence-electron chi connectivity index (χ0n) is 13.4. The van der Waals surface area contributed by atoms with Gasteiger partial charge >= 0.3 is 0 Å². The van der Waals surface area contributed by atoms with E-state index in [-0.39, 0.29) is 11.8 Å². The van der Waals surface area contributed by atoms with Crippen molar-refractivity contribution < 1.29 is 9.59 Å². The Labute approximate surface area is 136 Å². The highest BCUT2D eigenvalue weighted by atomic mass is 16.2. The Balaban J connectivity index is 1.84. The van der Waals surface area contributed by atoms with Crippen LogP contribution in [0.3, 0.4) is 0 Å².